The smallest absolute Gasteiger partial charge is 0.162 e. The SMILES string of the molecule is CCC1(NCc2cccc(OC)c2O)CCC1. The van der Waals surface area contributed by atoms with Crippen LogP contribution in [-0.4, -0.2) is 17.8 Å². The van der Waals surface area contributed by atoms with Crippen molar-refractivity contribution in [3.05, 3.63) is 23.8 Å². The number of nitrogens with one attached hydrogen (secondary N) is 1. The zero-order valence-electron chi connectivity index (χ0n) is 10.6. The predicted octanol–water partition coefficient (Wildman–Crippen LogP) is 2.82. The Balaban J connectivity index is 2.04. The molecule has 0 amide bonds. The number of benzene rings is 1. The number of phenolic OH excluding ortho intramolecular Hbond substituents is 1. The zero-order valence-corrected chi connectivity index (χ0v) is 10.6. The minimum Gasteiger partial charge on any atom is -0.504 e. The summed E-state index contributed by atoms with van der Waals surface area (Å²) in [6, 6.07) is 5.62. The molecular formula is C14H21NO2. The molecule has 94 valence electrons. The Morgan fingerprint density at radius 3 is 2.71 bits per heavy atom. The topological polar surface area (TPSA) is 41.5 Å². The van der Waals surface area contributed by atoms with Crippen molar-refractivity contribution in [3.63, 3.8) is 0 Å². The average Bonchev–Trinajstić information content (AvgIpc) is 2.30. The molecule has 0 bridgehead atoms. The summed E-state index contributed by atoms with van der Waals surface area (Å²) in [6.07, 6.45) is 4.95. The largest absolute Gasteiger partial charge is 0.504 e. The Morgan fingerprint density at radius 1 is 1.41 bits per heavy atom. The van der Waals surface area contributed by atoms with Gasteiger partial charge in [-0.25, -0.2) is 0 Å². The van der Waals surface area contributed by atoms with Crippen molar-refractivity contribution in [2.45, 2.75) is 44.7 Å². The molecule has 2 rings (SSSR count). The molecule has 3 nitrogen and oxygen atoms in total. The van der Waals surface area contributed by atoms with E-state index in [4.69, 9.17) is 4.74 Å². The summed E-state index contributed by atoms with van der Waals surface area (Å²) in [6.45, 7) is 2.93. The fourth-order valence-electron chi connectivity index (χ4n) is 2.42. The van der Waals surface area contributed by atoms with Crippen LogP contribution in [0.25, 0.3) is 0 Å². The summed E-state index contributed by atoms with van der Waals surface area (Å²) in [5, 5.41) is 13.6. The van der Waals surface area contributed by atoms with Crippen LogP contribution >= 0.6 is 0 Å². The summed E-state index contributed by atoms with van der Waals surface area (Å²) < 4.78 is 5.11. The van der Waals surface area contributed by atoms with Crippen LogP contribution in [0.5, 0.6) is 11.5 Å². The highest BCUT2D eigenvalue weighted by molar-refractivity contribution is 5.45. The molecular weight excluding hydrogens is 214 g/mol. The lowest BCUT2D eigenvalue weighted by Gasteiger charge is -2.42. The number of phenols is 1. The van der Waals surface area contributed by atoms with E-state index in [2.05, 4.69) is 12.2 Å². The van der Waals surface area contributed by atoms with Gasteiger partial charge in [-0.15, -0.1) is 0 Å². The van der Waals surface area contributed by atoms with Gasteiger partial charge >= 0.3 is 0 Å². The Morgan fingerprint density at radius 2 is 2.18 bits per heavy atom. The van der Waals surface area contributed by atoms with Gasteiger partial charge in [0.05, 0.1) is 7.11 Å². The predicted molar refractivity (Wildman–Crippen MR) is 68.4 cm³/mol. The van der Waals surface area contributed by atoms with Crippen molar-refractivity contribution < 1.29 is 9.84 Å². The molecule has 0 atom stereocenters. The lowest BCUT2D eigenvalue weighted by molar-refractivity contribution is 0.175. The lowest BCUT2D eigenvalue weighted by Crippen LogP contribution is -2.49. The third kappa shape index (κ3) is 2.39. The van der Waals surface area contributed by atoms with Gasteiger partial charge in [0.25, 0.3) is 0 Å². The molecule has 1 saturated carbocycles. The molecule has 0 spiro atoms. The first-order valence-electron chi connectivity index (χ1n) is 6.30. The van der Waals surface area contributed by atoms with Crippen LogP contribution < -0.4 is 10.1 Å². The highest BCUT2D eigenvalue weighted by Gasteiger charge is 2.34. The van der Waals surface area contributed by atoms with Crippen LogP contribution in [0.2, 0.25) is 0 Å². The van der Waals surface area contributed by atoms with E-state index in [-0.39, 0.29) is 5.75 Å². The number of para-hydroxylation sites is 1. The summed E-state index contributed by atoms with van der Waals surface area (Å²) in [5.41, 5.74) is 1.21. The molecule has 1 aliphatic carbocycles. The Kier molecular flexibility index (Phi) is 3.57. The van der Waals surface area contributed by atoms with Gasteiger partial charge < -0.3 is 15.2 Å². The second kappa shape index (κ2) is 4.96. The van der Waals surface area contributed by atoms with E-state index in [0.717, 1.165) is 12.0 Å². The first kappa shape index (κ1) is 12.2. The standard InChI is InChI=1S/C14H21NO2/c1-3-14(8-5-9-14)15-10-11-6-4-7-12(17-2)13(11)16/h4,6-7,15-16H,3,5,8-10H2,1-2H3. The molecule has 0 aliphatic heterocycles. The molecule has 0 unspecified atom stereocenters. The molecule has 0 aromatic heterocycles. The molecule has 1 aromatic rings. The second-order valence-electron chi connectivity index (χ2n) is 4.81. The van der Waals surface area contributed by atoms with Gasteiger partial charge in [0.1, 0.15) is 0 Å². The van der Waals surface area contributed by atoms with Crippen LogP contribution in [0.1, 0.15) is 38.2 Å². The summed E-state index contributed by atoms with van der Waals surface area (Å²) in [7, 11) is 1.58. The first-order chi connectivity index (χ1) is 8.21. The molecule has 3 heteroatoms. The third-order valence-corrected chi connectivity index (χ3v) is 3.94. The molecule has 17 heavy (non-hydrogen) atoms. The van der Waals surface area contributed by atoms with Crippen LogP contribution in [0.4, 0.5) is 0 Å². The fourth-order valence-corrected chi connectivity index (χ4v) is 2.42. The van der Waals surface area contributed by atoms with E-state index >= 15 is 0 Å². The minimum absolute atomic E-state index is 0.257. The Bertz CT molecular complexity index is 380. The van der Waals surface area contributed by atoms with Crippen LogP contribution in [0.15, 0.2) is 18.2 Å². The maximum absolute atomic E-state index is 9.98. The van der Waals surface area contributed by atoms with Crippen molar-refractivity contribution in [2.24, 2.45) is 0 Å². The number of hydrogen-bond acceptors (Lipinski definition) is 3. The molecule has 0 heterocycles. The van der Waals surface area contributed by atoms with Crippen LogP contribution in [0.3, 0.4) is 0 Å². The molecule has 0 radical (unpaired) electrons. The van der Waals surface area contributed by atoms with Crippen molar-refractivity contribution in [2.75, 3.05) is 7.11 Å². The van der Waals surface area contributed by atoms with Crippen LogP contribution in [-0.2, 0) is 6.54 Å². The van der Waals surface area contributed by atoms with E-state index in [0.29, 0.717) is 17.8 Å². The van der Waals surface area contributed by atoms with E-state index in [9.17, 15) is 5.11 Å². The number of methoxy groups -OCH3 is 1. The van der Waals surface area contributed by atoms with Gasteiger partial charge in [0, 0.05) is 17.6 Å². The average molecular weight is 235 g/mol. The van der Waals surface area contributed by atoms with Crippen molar-refractivity contribution >= 4 is 0 Å². The maximum Gasteiger partial charge on any atom is 0.162 e. The third-order valence-electron chi connectivity index (χ3n) is 3.94. The fraction of sp³-hybridized carbons (Fsp3) is 0.571. The number of hydrogen-bond donors (Lipinski definition) is 2. The van der Waals surface area contributed by atoms with Crippen molar-refractivity contribution in [1.29, 1.82) is 0 Å². The van der Waals surface area contributed by atoms with Gasteiger partial charge in [-0.05, 0) is 31.7 Å². The van der Waals surface area contributed by atoms with Crippen LogP contribution in [0, 0.1) is 0 Å². The summed E-state index contributed by atoms with van der Waals surface area (Å²) in [4.78, 5) is 0. The molecule has 1 aromatic carbocycles. The van der Waals surface area contributed by atoms with E-state index in [1.165, 1.54) is 19.3 Å². The van der Waals surface area contributed by atoms with E-state index < -0.39 is 0 Å². The summed E-state index contributed by atoms with van der Waals surface area (Å²) >= 11 is 0. The van der Waals surface area contributed by atoms with E-state index in [1.807, 2.05) is 12.1 Å². The molecule has 1 aliphatic rings. The molecule has 0 saturated heterocycles. The van der Waals surface area contributed by atoms with Gasteiger partial charge in [-0.3, -0.25) is 0 Å². The van der Waals surface area contributed by atoms with Crippen molar-refractivity contribution in [1.82, 2.24) is 5.32 Å². The monoisotopic (exact) mass is 235 g/mol. The Hall–Kier alpha value is -1.22. The van der Waals surface area contributed by atoms with Crippen molar-refractivity contribution in [3.8, 4) is 11.5 Å². The number of aromatic hydroxyl groups is 1. The van der Waals surface area contributed by atoms with E-state index in [1.54, 1.807) is 13.2 Å². The van der Waals surface area contributed by atoms with Gasteiger partial charge in [-0.1, -0.05) is 19.1 Å². The zero-order chi connectivity index (χ0) is 12.3. The highest BCUT2D eigenvalue weighted by atomic mass is 16.5. The van der Waals surface area contributed by atoms with Gasteiger partial charge in [-0.2, -0.15) is 0 Å². The normalized spacial score (nSPS) is 17.5. The number of ether oxygens (including phenoxy) is 1. The highest BCUT2D eigenvalue weighted by Crippen LogP contribution is 2.36. The van der Waals surface area contributed by atoms with Gasteiger partial charge in [0.15, 0.2) is 11.5 Å². The number of rotatable bonds is 5. The first-order valence-corrected chi connectivity index (χ1v) is 6.30. The quantitative estimate of drug-likeness (QED) is 0.824. The Labute approximate surface area is 103 Å². The molecule has 1 fully saturated rings. The maximum atomic E-state index is 9.98. The van der Waals surface area contributed by atoms with Gasteiger partial charge in [0.2, 0.25) is 0 Å². The minimum atomic E-state index is 0.257. The lowest BCUT2D eigenvalue weighted by atomic mass is 9.75. The summed E-state index contributed by atoms with van der Waals surface area (Å²) in [5.74, 6) is 0.802. The second-order valence-corrected chi connectivity index (χ2v) is 4.81. The molecule has 2 N–H and O–H groups in total.